The molecule has 3 amide bonds. The van der Waals surface area contributed by atoms with Gasteiger partial charge in [0.2, 0.25) is 11.8 Å². The zero-order valence-electron chi connectivity index (χ0n) is 82.8. The number of esters is 1. The summed E-state index contributed by atoms with van der Waals surface area (Å²) in [7, 11) is -8.12. The summed E-state index contributed by atoms with van der Waals surface area (Å²) in [5, 5.41) is 43.6. The number of carbonyl (C=O) groups is 5. The zero-order valence-corrected chi connectivity index (χ0v) is 84.6. The van der Waals surface area contributed by atoms with Crippen molar-refractivity contribution in [2.75, 3.05) is 349 Å². The number of aromatic nitrogens is 2. The van der Waals surface area contributed by atoms with E-state index in [4.69, 9.17) is 144 Å². The van der Waals surface area contributed by atoms with Crippen molar-refractivity contribution in [3.8, 4) is 23.5 Å². The topological polar surface area (TPSA) is 524 Å². The summed E-state index contributed by atoms with van der Waals surface area (Å²) in [6.07, 6.45) is 7.35. The molecule has 8 N–H and O–H groups in total. The number of aryl methyl sites for hydroxylation is 1. The van der Waals surface area contributed by atoms with Gasteiger partial charge in [0.05, 0.1) is 359 Å². The second kappa shape index (κ2) is 75.4. The van der Waals surface area contributed by atoms with Crippen molar-refractivity contribution in [2.24, 2.45) is 0 Å². The van der Waals surface area contributed by atoms with E-state index in [9.17, 15) is 48.1 Å². The first-order chi connectivity index (χ1) is 69.7. The summed E-state index contributed by atoms with van der Waals surface area (Å²) in [5.74, 6) is -4.29. The Morgan fingerprint density at radius 3 is 1.34 bits per heavy atom. The predicted molar refractivity (Wildman–Crippen MR) is 515 cm³/mol. The Labute approximate surface area is 835 Å². The molecule has 2 aliphatic heterocycles. The van der Waals surface area contributed by atoms with E-state index in [2.05, 4.69) is 31.8 Å². The van der Waals surface area contributed by atoms with Gasteiger partial charge < -0.3 is 159 Å². The molecule has 5 atom stereocenters. The number of unbranched alkanes of at least 4 members (excludes halogenated alkanes) is 2. The third-order valence-electron chi connectivity index (χ3n) is 21.6. The standard InChI is InChI=1S/C95H150FN7O38P2/c1-5-95(112)81-69-85-90-79(71-103(85)92(108)80(81)72-138-94(95)111)89-83(17-16-78-74(3)82(96)70-84(101-90)88(78)89)100-87(106)73-141-143(114,98-19-10-11-86(105)99-75(4)93(109)110)140-21-9-7-8-18-97-91(107)76-12-14-77(15-13-76)102-142(113,6-2)139-68-67-137-66-65-136-64-63-135-62-61-134-60-59-133-58-57-132-56-55-131-54-53-130-52-51-129-50-49-128-48-47-127-46-45-126-44-43-125-42-41-124-40-39-123-38-37-122-36-35-121-34-33-120-32-31-119-30-29-118-28-27-117-26-25-116-24-23-115-22-20-104/h2,12-15,69-70,75,83,104,112H,5,7-11,16-68,71-73H2,1,3-4H3,(H,97,107)(H,98,114)(H,99,105)(H,100,106)(H,102,113)(H,109,110)/t75?,83-,95-,142?,143?/m0/s1. The molecule has 2 aromatic heterocycles. The van der Waals surface area contributed by atoms with Crippen LogP contribution in [0.4, 0.5) is 10.1 Å². The number of amides is 3. The summed E-state index contributed by atoms with van der Waals surface area (Å²) < 4.78 is 194. The Kier molecular flexibility index (Phi) is 64.7. The normalized spacial score (nSPS) is 15.3. The van der Waals surface area contributed by atoms with Crippen molar-refractivity contribution >= 4 is 61.5 Å². The highest BCUT2D eigenvalue weighted by molar-refractivity contribution is 7.65. The average Bonchev–Trinajstić information content (AvgIpc) is 1.55. The van der Waals surface area contributed by atoms with E-state index in [1.54, 1.807) is 19.9 Å². The fourth-order valence-electron chi connectivity index (χ4n) is 14.1. The summed E-state index contributed by atoms with van der Waals surface area (Å²) in [6, 6.07) is 7.04. The van der Waals surface area contributed by atoms with E-state index in [1.165, 1.54) is 41.8 Å². The van der Waals surface area contributed by atoms with Crippen LogP contribution in [-0.4, -0.2) is 404 Å². The van der Waals surface area contributed by atoms with E-state index < -0.39 is 80.6 Å². The molecule has 0 saturated heterocycles. The van der Waals surface area contributed by atoms with Crippen LogP contribution in [0.15, 0.2) is 41.2 Å². The first-order valence-electron chi connectivity index (χ1n) is 48.8. The Morgan fingerprint density at radius 1 is 0.531 bits per heavy atom. The van der Waals surface area contributed by atoms with Gasteiger partial charge in [-0.15, -0.1) is 6.42 Å². The van der Waals surface area contributed by atoms with Crippen molar-refractivity contribution < 1.29 is 180 Å². The minimum absolute atomic E-state index is 0.00468. The van der Waals surface area contributed by atoms with Gasteiger partial charge in [-0.25, -0.2) is 23.8 Å². The van der Waals surface area contributed by atoms with Crippen molar-refractivity contribution in [3.63, 3.8) is 0 Å². The molecule has 0 fully saturated rings. The number of carboxylic acids is 1. The number of rotatable bonds is 94. The van der Waals surface area contributed by atoms with Crippen LogP contribution < -0.4 is 31.7 Å². The SMILES string of the molecule is C#CP(=O)(Nc1ccc(C(=O)NCCCCCOP(=O)(NCCCC(=O)NC(C)C(=O)O)OCC(=O)N[C@H]2CCc3c(C)c(F)cc4nc5c(c2c34)Cn2c-5cc3c(c2=O)COC(=O)[C@]3(O)CC)cc1)OCCOCCOCCOCCOCCOCCOCCOCCOCCOCCOCCOCCOCCOCCOCCOCCOCCOCCOCCOCCOCCOCCOCCOCCO. The number of halogens is 1. The van der Waals surface area contributed by atoms with E-state index in [1.807, 2.05) is 0 Å². The molecule has 0 spiro atoms. The number of nitrogens with one attached hydrogen (secondary N) is 5. The molecule has 0 saturated carbocycles. The predicted octanol–water partition coefficient (Wildman–Crippen LogP) is 4.92. The third-order valence-corrected chi connectivity index (χ3v) is 24.6. The van der Waals surface area contributed by atoms with Crippen LogP contribution in [0.2, 0.25) is 0 Å². The lowest BCUT2D eigenvalue weighted by atomic mass is 9.81. The van der Waals surface area contributed by atoms with Crippen LogP contribution in [0.5, 0.6) is 0 Å². The first kappa shape index (κ1) is 123. The molecule has 3 aliphatic rings. The molecule has 4 aromatic rings. The number of hydrogen-bond donors (Lipinski definition) is 8. The number of carboxylic acid groups (broad SMARTS) is 1. The van der Waals surface area contributed by atoms with Crippen molar-refractivity contribution in [1.29, 1.82) is 0 Å². The number of aliphatic carboxylic acids is 1. The number of carbonyl (C=O) groups excluding carboxylic acids is 4. The molecule has 4 heterocycles. The van der Waals surface area contributed by atoms with Crippen molar-refractivity contribution in [1.82, 2.24) is 30.6 Å². The molecular weight excluding hydrogens is 1930 g/mol. The van der Waals surface area contributed by atoms with Gasteiger partial charge in [0.15, 0.2) is 5.60 Å². The van der Waals surface area contributed by atoms with E-state index in [-0.39, 0.29) is 114 Å². The van der Waals surface area contributed by atoms with Gasteiger partial charge in [-0.2, -0.15) is 0 Å². The van der Waals surface area contributed by atoms with Gasteiger partial charge in [0.25, 0.3) is 11.5 Å². The number of aliphatic hydroxyl groups is 2. The Balaban J connectivity index is 0.580. The maximum Gasteiger partial charge on any atom is 0.406 e. The van der Waals surface area contributed by atoms with Gasteiger partial charge in [0, 0.05) is 59.0 Å². The highest BCUT2D eigenvalue weighted by Crippen LogP contribution is 2.48. The smallest absolute Gasteiger partial charge is 0.406 e. The summed E-state index contributed by atoms with van der Waals surface area (Å²) in [5.41, 5.74) is 3.51. The number of ether oxygens (including phenoxy) is 24. The molecule has 7 rings (SSSR count). The monoisotopic (exact) mass is 2080 g/mol. The molecule has 48 heteroatoms. The second-order valence-electron chi connectivity index (χ2n) is 32.0. The molecule has 810 valence electrons. The maximum absolute atomic E-state index is 15.6. The number of nitrogens with zero attached hydrogens (tertiary/aromatic N) is 2. The van der Waals surface area contributed by atoms with Gasteiger partial charge in [0.1, 0.15) is 25.1 Å². The molecule has 45 nitrogen and oxygen atoms in total. The fraction of sp³-hybridized carbons (Fsp3) is 0.716. The van der Waals surface area contributed by atoms with Gasteiger partial charge in [-0.05, 0) is 106 Å². The molecule has 0 bridgehead atoms. The number of cyclic esters (lactones) is 1. The lowest BCUT2D eigenvalue weighted by Gasteiger charge is -2.31. The second-order valence-corrected chi connectivity index (χ2v) is 35.7. The summed E-state index contributed by atoms with van der Waals surface area (Å²) in [6.45, 7) is 23.1. The van der Waals surface area contributed by atoms with E-state index in [0.29, 0.717) is 354 Å². The minimum Gasteiger partial charge on any atom is -0.480 e. The largest absolute Gasteiger partial charge is 0.480 e. The number of pyridine rings is 2. The third kappa shape index (κ3) is 49.6. The lowest BCUT2D eigenvalue weighted by Crippen LogP contribution is -2.44. The molecule has 1 aliphatic carbocycles. The number of hydrogen-bond acceptors (Lipinski definition) is 38. The Morgan fingerprint density at radius 2 is 0.944 bits per heavy atom. The number of fused-ring (bicyclic) bond motifs is 5. The molecule has 143 heavy (non-hydrogen) atoms. The highest BCUT2D eigenvalue weighted by atomic mass is 31.2. The summed E-state index contributed by atoms with van der Waals surface area (Å²) >= 11 is 0. The fourth-order valence-corrected chi connectivity index (χ4v) is 16.5. The van der Waals surface area contributed by atoms with Gasteiger partial charge >= 0.3 is 27.2 Å². The van der Waals surface area contributed by atoms with Crippen molar-refractivity contribution in [3.05, 3.63) is 91.5 Å². The van der Waals surface area contributed by atoms with Crippen LogP contribution in [-0.2, 0) is 181 Å². The maximum atomic E-state index is 15.6. The first-order valence-corrected chi connectivity index (χ1v) is 52.0. The number of anilines is 1. The van der Waals surface area contributed by atoms with Crippen LogP contribution >= 0.6 is 15.3 Å². The molecular formula is C95H150FN7O38P2. The Bertz CT molecular complexity index is 4440. The van der Waals surface area contributed by atoms with E-state index >= 15 is 4.39 Å². The molecule has 0 radical (unpaired) electrons. The zero-order chi connectivity index (χ0) is 102. The van der Waals surface area contributed by atoms with Crippen molar-refractivity contribution in [2.45, 2.75) is 103 Å². The van der Waals surface area contributed by atoms with Crippen LogP contribution in [0.1, 0.15) is 109 Å². The van der Waals surface area contributed by atoms with Gasteiger partial charge in [-0.1, -0.05) is 6.92 Å². The lowest BCUT2D eigenvalue weighted by molar-refractivity contribution is -0.172. The molecule has 2 aromatic carbocycles. The van der Waals surface area contributed by atoms with Crippen LogP contribution in [0, 0.1) is 24.8 Å². The number of benzene rings is 2. The average molecular weight is 2080 g/mol. The van der Waals surface area contributed by atoms with Gasteiger partial charge in [-0.3, -0.25) is 37.6 Å². The number of terminal acetylenes is 1. The Hall–Kier alpha value is -7.26. The minimum atomic E-state index is -4.31. The van der Waals surface area contributed by atoms with E-state index in [0.717, 1.165) is 0 Å². The van der Waals surface area contributed by atoms with Crippen LogP contribution in [0.25, 0.3) is 22.3 Å². The summed E-state index contributed by atoms with van der Waals surface area (Å²) in [4.78, 5) is 82.9. The van der Waals surface area contributed by atoms with Crippen LogP contribution in [0.3, 0.4) is 0 Å². The molecule has 3 unspecified atom stereocenters. The number of aliphatic hydroxyl groups excluding tert-OH is 1. The quantitative estimate of drug-likeness (QED) is 0.0111. The highest BCUT2D eigenvalue weighted by Gasteiger charge is 2.46.